The zero-order chi connectivity index (χ0) is 16.0. The van der Waals surface area contributed by atoms with E-state index in [4.69, 9.17) is 4.74 Å². The van der Waals surface area contributed by atoms with Gasteiger partial charge in [-0.25, -0.2) is 13.4 Å². The van der Waals surface area contributed by atoms with Crippen molar-refractivity contribution < 1.29 is 13.2 Å². The molecule has 118 valence electrons. The molecule has 1 N–H and O–H groups in total. The van der Waals surface area contributed by atoms with E-state index in [0.29, 0.717) is 12.4 Å². The van der Waals surface area contributed by atoms with E-state index in [9.17, 15) is 8.42 Å². The van der Waals surface area contributed by atoms with E-state index in [2.05, 4.69) is 10.3 Å². The zero-order valence-electron chi connectivity index (χ0n) is 12.7. The molecular formula is C16H20N2O3S. The number of benzene rings is 1. The van der Waals surface area contributed by atoms with Gasteiger partial charge in [0, 0.05) is 19.0 Å². The molecule has 0 atom stereocenters. The average Bonchev–Trinajstić information content (AvgIpc) is 2.51. The van der Waals surface area contributed by atoms with Gasteiger partial charge in [0.25, 0.3) is 0 Å². The Morgan fingerprint density at radius 3 is 2.77 bits per heavy atom. The van der Waals surface area contributed by atoms with Crippen LogP contribution in [0.3, 0.4) is 0 Å². The van der Waals surface area contributed by atoms with Crippen LogP contribution in [-0.4, -0.2) is 33.3 Å². The first kappa shape index (κ1) is 16.3. The number of hydrogen-bond acceptors (Lipinski definition) is 5. The number of hydrogen-bond donors (Lipinski definition) is 1. The summed E-state index contributed by atoms with van der Waals surface area (Å²) in [6.45, 7) is 0.650. The highest BCUT2D eigenvalue weighted by Crippen LogP contribution is 2.18. The van der Waals surface area contributed by atoms with Gasteiger partial charge in [0.1, 0.15) is 16.5 Å². The molecular weight excluding hydrogens is 300 g/mol. The first-order valence-electron chi connectivity index (χ1n) is 7.02. The molecule has 0 fully saturated rings. The van der Waals surface area contributed by atoms with Crippen LogP contribution in [0.5, 0.6) is 5.75 Å². The first-order valence-corrected chi connectivity index (χ1v) is 8.92. The van der Waals surface area contributed by atoms with Crippen LogP contribution in [0.1, 0.15) is 12.0 Å². The van der Waals surface area contributed by atoms with Gasteiger partial charge in [-0.2, -0.15) is 0 Å². The van der Waals surface area contributed by atoms with Gasteiger partial charge in [0.2, 0.25) is 0 Å². The smallest absolute Gasteiger partial charge is 0.179 e. The van der Waals surface area contributed by atoms with Crippen molar-refractivity contribution in [2.45, 2.75) is 17.7 Å². The SMILES string of the molecule is COc1cccc(CCCNc2ncccc2S(C)(=O)=O)c1. The molecule has 0 unspecified atom stereocenters. The van der Waals surface area contributed by atoms with E-state index in [1.165, 1.54) is 11.8 Å². The molecule has 0 aliphatic rings. The quantitative estimate of drug-likeness (QED) is 0.794. The number of pyridine rings is 1. The van der Waals surface area contributed by atoms with Gasteiger partial charge >= 0.3 is 0 Å². The van der Waals surface area contributed by atoms with Crippen molar-refractivity contribution >= 4 is 15.7 Å². The predicted molar refractivity (Wildman–Crippen MR) is 87.2 cm³/mol. The zero-order valence-corrected chi connectivity index (χ0v) is 13.6. The minimum Gasteiger partial charge on any atom is -0.497 e. The predicted octanol–water partition coefficient (Wildman–Crippen LogP) is 2.54. The minimum atomic E-state index is -3.27. The first-order chi connectivity index (χ1) is 10.5. The van der Waals surface area contributed by atoms with Crippen molar-refractivity contribution in [3.05, 3.63) is 48.2 Å². The van der Waals surface area contributed by atoms with Gasteiger partial charge in [-0.3, -0.25) is 0 Å². The van der Waals surface area contributed by atoms with Gasteiger partial charge in [0.05, 0.1) is 7.11 Å². The van der Waals surface area contributed by atoms with E-state index in [-0.39, 0.29) is 4.90 Å². The Kier molecular flexibility index (Phi) is 5.38. The van der Waals surface area contributed by atoms with Crippen LogP contribution in [0.15, 0.2) is 47.5 Å². The molecule has 0 amide bonds. The molecule has 0 aliphatic heterocycles. The van der Waals surface area contributed by atoms with E-state index in [0.717, 1.165) is 18.6 Å². The third-order valence-corrected chi connectivity index (χ3v) is 4.37. The summed E-state index contributed by atoms with van der Waals surface area (Å²) in [6, 6.07) is 11.1. The third kappa shape index (κ3) is 4.46. The summed E-state index contributed by atoms with van der Waals surface area (Å²) in [5.74, 6) is 1.25. The van der Waals surface area contributed by atoms with Crippen molar-refractivity contribution in [1.82, 2.24) is 4.98 Å². The van der Waals surface area contributed by atoms with Crippen LogP contribution in [0.4, 0.5) is 5.82 Å². The van der Waals surface area contributed by atoms with Crippen LogP contribution in [0.25, 0.3) is 0 Å². The second kappa shape index (κ2) is 7.26. The Bertz CT molecular complexity index is 730. The van der Waals surface area contributed by atoms with Crippen LogP contribution < -0.4 is 10.1 Å². The molecule has 0 spiro atoms. The standard InChI is InChI=1S/C16H20N2O3S/c1-21-14-8-3-6-13(12-14)7-4-10-17-16-15(22(2,19)20)9-5-11-18-16/h3,5-6,8-9,11-12H,4,7,10H2,1-2H3,(H,17,18). The lowest BCUT2D eigenvalue weighted by Gasteiger charge is -2.09. The number of aromatic nitrogens is 1. The molecule has 2 aromatic rings. The Labute approximate surface area is 131 Å². The summed E-state index contributed by atoms with van der Waals surface area (Å²) in [5, 5.41) is 3.10. The number of rotatable bonds is 7. The number of sulfone groups is 1. The number of nitrogens with zero attached hydrogens (tertiary/aromatic N) is 1. The van der Waals surface area contributed by atoms with E-state index in [1.807, 2.05) is 24.3 Å². The molecule has 2 rings (SSSR count). The normalized spacial score (nSPS) is 11.2. The van der Waals surface area contributed by atoms with Gasteiger partial charge in [-0.05, 0) is 42.7 Å². The molecule has 1 aromatic heterocycles. The summed E-state index contributed by atoms with van der Waals surface area (Å²) in [7, 11) is -1.63. The van der Waals surface area contributed by atoms with E-state index < -0.39 is 9.84 Å². The topological polar surface area (TPSA) is 68.3 Å². The molecule has 6 heteroatoms. The van der Waals surface area contributed by atoms with Crippen molar-refractivity contribution in [1.29, 1.82) is 0 Å². The van der Waals surface area contributed by atoms with E-state index in [1.54, 1.807) is 25.4 Å². The average molecular weight is 320 g/mol. The molecule has 22 heavy (non-hydrogen) atoms. The fourth-order valence-corrected chi connectivity index (χ4v) is 2.95. The number of aryl methyl sites for hydroxylation is 1. The summed E-state index contributed by atoms with van der Waals surface area (Å²) in [4.78, 5) is 4.34. The second-order valence-electron chi connectivity index (χ2n) is 5.00. The maximum atomic E-state index is 11.7. The molecule has 0 aliphatic carbocycles. The van der Waals surface area contributed by atoms with Crippen molar-refractivity contribution in [2.75, 3.05) is 25.2 Å². The van der Waals surface area contributed by atoms with Crippen LogP contribution >= 0.6 is 0 Å². The number of nitrogens with one attached hydrogen (secondary N) is 1. The third-order valence-electron chi connectivity index (χ3n) is 3.24. The molecule has 0 saturated heterocycles. The highest BCUT2D eigenvalue weighted by atomic mass is 32.2. The number of methoxy groups -OCH3 is 1. The van der Waals surface area contributed by atoms with Gasteiger partial charge in [0.15, 0.2) is 9.84 Å². The lowest BCUT2D eigenvalue weighted by molar-refractivity contribution is 0.414. The summed E-state index contributed by atoms with van der Waals surface area (Å²) in [5.41, 5.74) is 1.19. The van der Waals surface area contributed by atoms with Crippen molar-refractivity contribution in [2.24, 2.45) is 0 Å². The monoisotopic (exact) mass is 320 g/mol. The highest BCUT2D eigenvalue weighted by molar-refractivity contribution is 7.90. The number of anilines is 1. The molecule has 0 radical (unpaired) electrons. The second-order valence-corrected chi connectivity index (χ2v) is 6.99. The molecule has 0 saturated carbocycles. The van der Waals surface area contributed by atoms with E-state index >= 15 is 0 Å². The summed E-state index contributed by atoms with van der Waals surface area (Å²) in [6.07, 6.45) is 4.52. The maximum absolute atomic E-state index is 11.7. The Morgan fingerprint density at radius 1 is 1.23 bits per heavy atom. The van der Waals surface area contributed by atoms with Crippen LogP contribution in [-0.2, 0) is 16.3 Å². The number of ether oxygens (including phenoxy) is 1. The van der Waals surface area contributed by atoms with Gasteiger partial charge < -0.3 is 10.1 Å². The Balaban J connectivity index is 1.92. The highest BCUT2D eigenvalue weighted by Gasteiger charge is 2.13. The molecule has 1 aromatic carbocycles. The van der Waals surface area contributed by atoms with Crippen LogP contribution in [0, 0.1) is 0 Å². The van der Waals surface area contributed by atoms with Gasteiger partial charge in [-0.15, -0.1) is 0 Å². The lowest BCUT2D eigenvalue weighted by Crippen LogP contribution is -2.09. The molecule has 1 heterocycles. The minimum absolute atomic E-state index is 0.233. The Morgan fingerprint density at radius 2 is 2.05 bits per heavy atom. The largest absolute Gasteiger partial charge is 0.497 e. The lowest BCUT2D eigenvalue weighted by atomic mass is 10.1. The summed E-state index contributed by atoms with van der Waals surface area (Å²) < 4.78 is 28.6. The van der Waals surface area contributed by atoms with Crippen molar-refractivity contribution in [3.63, 3.8) is 0 Å². The summed E-state index contributed by atoms with van der Waals surface area (Å²) >= 11 is 0. The van der Waals surface area contributed by atoms with Crippen molar-refractivity contribution in [3.8, 4) is 5.75 Å². The Hall–Kier alpha value is -2.08. The fourth-order valence-electron chi connectivity index (χ4n) is 2.15. The molecule has 0 bridgehead atoms. The van der Waals surface area contributed by atoms with Crippen LogP contribution in [0.2, 0.25) is 0 Å². The maximum Gasteiger partial charge on any atom is 0.179 e. The fraction of sp³-hybridized carbons (Fsp3) is 0.312. The molecule has 5 nitrogen and oxygen atoms in total. The van der Waals surface area contributed by atoms with Gasteiger partial charge in [-0.1, -0.05) is 12.1 Å².